The minimum Gasteiger partial charge on any atom is -0.339 e. The monoisotopic (exact) mass is 181 g/mol. The molecule has 0 unspecified atom stereocenters. The lowest BCUT2D eigenvalue weighted by molar-refractivity contribution is -0.187. The largest absolute Gasteiger partial charge is 0.410 e. The molecule has 0 aromatic heterocycles. The van der Waals surface area contributed by atoms with Crippen LogP contribution in [0.25, 0.3) is 0 Å². The van der Waals surface area contributed by atoms with Gasteiger partial charge < -0.3 is 5.32 Å². The Bertz CT molecular complexity index is 195. The van der Waals surface area contributed by atoms with E-state index in [1.54, 1.807) is 5.32 Å². The Morgan fingerprint density at radius 2 is 1.83 bits per heavy atom. The summed E-state index contributed by atoms with van der Waals surface area (Å²) in [6.07, 6.45) is -3.65. The molecule has 0 aliphatic heterocycles. The number of rotatable bonds is 2. The minimum absolute atomic E-state index is 0.799. The Morgan fingerprint density at radius 3 is 2.08 bits per heavy atom. The maximum absolute atomic E-state index is 12.1. The maximum Gasteiger partial charge on any atom is 0.410 e. The average Bonchev–Trinajstić information content (AvgIpc) is 1.84. The molecule has 1 N–H and O–H groups in total. The number of hydrogen-bond donors (Lipinski definition) is 1. The second kappa shape index (κ2) is 3.16. The normalized spacial score (nSPS) is 12.4. The van der Waals surface area contributed by atoms with Crippen molar-refractivity contribution in [2.45, 2.75) is 25.6 Å². The minimum atomic E-state index is -4.45. The van der Waals surface area contributed by atoms with Gasteiger partial charge in [-0.3, -0.25) is 4.79 Å². The van der Waals surface area contributed by atoms with E-state index < -0.39 is 17.6 Å². The molecule has 5 heteroatoms. The molecule has 0 heterocycles. The van der Waals surface area contributed by atoms with Gasteiger partial charge in [0, 0.05) is 0 Å². The van der Waals surface area contributed by atoms with E-state index in [0.29, 0.717) is 0 Å². The summed E-state index contributed by atoms with van der Waals surface area (Å²) in [5.41, 5.74) is -2.21. The van der Waals surface area contributed by atoms with Gasteiger partial charge >= 0.3 is 6.18 Å². The van der Waals surface area contributed by atoms with Crippen LogP contribution in [0.4, 0.5) is 13.2 Å². The summed E-state index contributed by atoms with van der Waals surface area (Å²) in [6.45, 7) is 4.81. The van der Waals surface area contributed by atoms with Crippen molar-refractivity contribution in [3.05, 3.63) is 12.7 Å². The van der Waals surface area contributed by atoms with Crippen molar-refractivity contribution in [1.82, 2.24) is 5.32 Å². The van der Waals surface area contributed by atoms with Gasteiger partial charge in [0.1, 0.15) is 5.54 Å². The summed E-state index contributed by atoms with van der Waals surface area (Å²) in [7, 11) is 0. The van der Waals surface area contributed by atoms with E-state index in [1.807, 2.05) is 0 Å². The van der Waals surface area contributed by atoms with Crippen molar-refractivity contribution in [1.29, 1.82) is 0 Å². The molecule has 0 bridgehead atoms. The smallest absolute Gasteiger partial charge is 0.339 e. The van der Waals surface area contributed by atoms with Gasteiger partial charge in [-0.25, -0.2) is 0 Å². The SMILES string of the molecule is C=CC(=O)NC(C)(C)C(F)(F)F. The third-order valence-corrected chi connectivity index (χ3v) is 1.33. The van der Waals surface area contributed by atoms with Crippen LogP contribution in [0.2, 0.25) is 0 Å². The van der Waals surface area contributed by atoms with Crippen LogP contribution in [-0.2, 0) is 4.79 Å². The van der Waals surface area contributed by atoms with E-state index in [-0.39, 0.29) is 0 Å². The lowest BCUT2D eigenvalue weighted by Crippen LogP contribution is -2.53. The van der Waals surface area contributed by atoms with Gasteiger partial charge in [0.15, 0.2) is 0 Å². The predicted molar refractivity (Wildman–Crippen MR) is 38.5 cm³/mol. The van der Waals surface area contributed by atoms with Crippen LogP contribution in [0, 0.1) is 0 Å². The molecule has 0 saturated carbocycles. The molecule has 0 rings (SSSR count). The first-order valence-corrected chi connectivity index (χ1v) is 3.22. The molecule has 70 valence electrons. The Morgan fingerprint density at radius 1 is 1.42 bits per heavy atom. The Labute approximate surface area is 68.4 Å². The van der Waals surface area contributed by atoms with Gasteiger partial charge in [-0.05, 0) is 19.9 Å². The number of carbonyl (C=O) groups is 1. The first kappa shape index (κ1) is 11.0. The topological polar surface area (TPSA) is 29.1 Å². The number of nitrogens with one attached hydrogen (secondary N) is 1. The van der Waals surface area contributed by atoms with Gasteiger partial charge in [0.2, 0.25) is 5.91 Å². The first-order valence-electron chi connectivity index (χ1n) is 3.22. The van der Waals surface area contributed by atoms with Gasteiger partial charge in [0.05, 0.1) is 0 Å². The zero-order chi connectivity index (χ0) is 9.99. The number of carbonyl (C=O) groups excluding carboxylic acids is 1. The summed E-state index contributed by atoms with van der Waals surface area (Å²) in [5, 5.41) is 1.76. The van der Waals surface area contributed by atoms with Crippen molar-refractivity contribution in [2.24, 2.45) is 0 Å². The Hall–Kier alpha value is -1.00. The standard InChI is InChI=1S/C7H10F3NO/c1-4-5(12)11-6(2,3)7(8,9)10/h4H,1H2,2-3H3,(H,11,12). The molecule has 2 nitrogen and oxygen atoms in total. The highest BCUT2D eigenvalue weighted by atomic mass is 19.4. The highest BCUT2D eigenvalue weighted by Gasteiger charge is 2.47. The van der Waals surface area contributed by atoms with Gasteiger partial charge in [-0.1, -0.05) is 6.58 Å². The molecular weight excluding hydrogens is 171 g/mol. The van der Waals surface area contributed by atoms with Crippen molar-refractivity contribution < 1.29 is 18.0 Å². The summed E-state index contributed by atoms with van der Waals surface area (Å²) < 4.78 is 36.2. The maximum atomic E-state index is 12.1. The molecule has 1 amide bonds. The summed E-state index contributed by atoms with van der Waals surface area (Å²) >= 11 is 0. The van der Waals surface area contributed by atoms with Crippen LogP contribution in [0.15, 0.2) is 12.7 Å². The highest BCUT2D eigenvalue weighted by molar-refractivity contribution is 5.87. The number of amides is 1. The lowest BCUT2D eigenvalue weighted by Gasteiger charge is -2.28. The molecule has 0 aliphatic carbocycles. The lowest BCUT2D eigenvalue weighted by atomic mass is 10.1. The van der Waals surface area contributed by atoms with E-state index in [0.717, 1.165) is 19.9 Å². The van der Waals surface area contributed by atoms with Crippen LogP contribution in [0.5, 0.6) is 0 Å². The molecule has 12 heavy (non-hydrogen) atoms. The van der Waals surface area contributed by atoms with Crippen LogP contribution in [-0.4, -0.2) is 17.6 Å². The van der Waals surface area contributed by atoms with E-state index in [2.05, 4.69) is 6.58 Å². The molecule has 0 aromatic carbocycles. The number of alkyl halides is 3. The van der Waals surface area contributed by atoms with Crippen molar-refractivity contribution >= 4 is 5.91 Å². The van der Waals surface area contributed by atoms with Gasteiger partial charge in [-0.15, -0.1) is 0 Å². The predicted octanol–water partition coefficient (Wildman–Crippen LogP) is 1.63. The molecule has 0 aliphatic rings. The fourth-order valence-electron chi connectivity index (χ4n) is 0.430. The number of hydrogen-bond acceptors (Lipinski definition) is 1. The molecular formula is C7H10F3NO. The van der Waals surface area contributed by atoms with Gasteiger partial charge in [0.25, 0.3) is 0 Å². The van der Waals surface area contributed by atoms with Crippen LogP contribution in [0.1, 0.15) is 13.8 Å². The third kappa shape index (κ3) is 2.56. The highest BCUT2D eigenvalue weighted by Crippen LogP contribution is 2.29. The molecule has 0 atom stereocenters. The second-order valence-electron chi connectivity index (χ2n) is 2.82. The Kier molecular flexibility index (Phi) is 2.90. The zero-order valence-electron chi connectivity index (χ0n) is 6.83. The zero-order valence-corrected chi connectivity index (χ0v) is 6.83. The quantitative estimate of drug-likeness (QED) is 0.644. The first-order chi connectivity index (χ1) is 5.20. The molecule has 0 saturated heterocycles. The van der Waals surface area contributed by atoms with Crippen molar-refractivity contribution in [2.75, 3.05) is 0 Å². The van der Waals surface area contributed by atoms with Crippen LogP contribution in [0.3, 0.4) is 0 Å². The van der Waals surface area contributed by atoms with E-state index >= 15 is 0 Å². The molecule has 0 spiro atoms. The van der Waals surface area contributed by atoms with Crippen LogP contribution >= 0.6 is 0 Å². The van der Waals surface area contributed by atoms with Gasteiger partial charge in [-0.2, -0.15) is 13.2 Å². The van der Waals surface area contributed by atoms with E-state index in [9.17, 15) is 18.0 Å². The second-order valence-corrected chi connectivity index (χ2v) is 2.82. The fraction of sp³-hybridized carbons (Fsp3) is 0.571. The fourth-order valence-corrected chi connectivity index (χ4v) is 0.430. The molecule has 0 fully saturated rings. The van der Waals surface area contributed by atoms with E-state index in [1.165, 1.54) is 0 Å². The van der Waals surface area contributed by atoms with Crippen LogP contribution < -0.4 is 5.32 Å². The van der Waals surface area contributed by atoms with Crippen molar-refractivity contribution in [3.8, 4) is 0 Å². The summed E-state index contributed by atoms with van der Waals surface area (Å²) in [5.74, 6) is -0.836. The molecule has 0 radical (unpaired) electrons. The third-order valence-electron chi connectivity index (χ3n) is 1.33. The number of halogens is 3. The average molecular weight is 181 g/mol. The summed E-state index contributed by atoms with van der Waals surface area (Å²) in [6, 6.07) is 0. The summed E-state index contributed by atoms with van der Waals surface area (Å²) in [4.78, 5) is 10.5. The molecule has 0 aromatic rings. The van der Waals surface area contributed by atoms with E-state index in [4.69, 9.17) is 0 Å². The Balaban J connectivity index is 4.43. The van der Waals surface area contributed by atoms with Crippen molar-refractivity contribution in [3.63, 3.8) is 0 Å².